The maximum atomic E-state index is 11.3. The van der Waals surface area contributed by atoms with Gasteiger partial charge in [0.15, 0.2) is 0 Å². The normalized spacial score (nSPS) is 52.6. The lowest BCUT2D eigenvalue weighted by atomic mass is 9.46. The smallest absolute Gasteiger partial charge is 0.0892 e. The van der Waals surface area contributed by atoms with E-state index in [4.69, 9.17) is 4.74 Å². The van der Waals surface area contributed by atoms with E-state index < -0.39 is 0 Å². The van der Waals surface area contributed by atoms with Crippen LogP contribution in [0.2, 0.25) is 0 Å². The molecule has 0 bridgehead atoms. The second-order valence-electron chi connectivity index (χ2n) is 12.8. The Balaban J connectivity index is 1.34. The lowest BCUT2D eigenvalue weighted by molar-refractivity contribution is -0.0971. The largest absolute Gasteiger partial charge is 0.393 e. The topological polar surface area (TPSA) is 53.0 Å². The van der Waals surface area contributed by atoms with E-state index >= 15 is 0 Å². The average Bonchev–Trinajstić information content (AvgIpc) is 3.13. The van der Waals surface area contributed by atoms with Crippen LogP contribution >= 0.6 is 0 Å². The molecule has 0 aromatic rings. The lowest BCUT2D eigenvalue weighted by Gasteiger charge is -2.59. The molecule has 3 heteroatoms. The zero-order chi connectivity index (χ0) is 21.5. The minimum atomic E-state index is -0.317. The maximum absolute atomic E-state index is 11.3. The van der Waals surface area contributed by atoms with Gasteiger partial charge in [-0.2, -0.15) is 0 Å². The Morgan fingerprint density at radius 3 is 2.47 bits per heavy atom. The molecule has 3 nitrogen and oxygen atoms in total. The number of aliphatic hydroxyl groups is 2. The van der Waals surface area contributed by atoms with Crippen LogP contribution in [0.5, 0.6) is 0 Å². The fraction of sp³-hybridized carbons (Fsp3) is 0.926. The van der Waals surface area contributed by atoms with E-state index in [9.17, 15) is 10.2 Å². The molecule has 0 radical (unpaired) electrons. The number of ether oxygens (including phenoxy) is 1. The molecule has 2 N–H and O–H groups in total. The first-order valence-corrected chi connectivity index (χ1v) is 12.8. The van der Waals surface area contributed by atoms with Crippen LogP contribution in [-0.2, 0) is 4.74 Å². The molecule has 1 unspecified atom stereocenters. The molecule has 4 aliphatic carbocycles. The zero-order valence-electron chi connectivity index (χ0n) is 19.9. The molecule has 0 amide bonds. The highest BCUT2D eigenvalue weighted by molar-refractivity contribution is 5.27. The van der Waals surface area contributed by atoms with Crippen molar-refractivity contribution in [2.45, 2.75) is 116 Å². The number of fused-ring (bicyclic) bond motifs is 5. The molecule has 0 aromatic heterocycles. The highest BCUT2D eigenvalue weighted by Crippen LogP contribution is 2.67. The van der Waals surface area contributed by atoms with Gasteiger partial charge in [-0.25, -0.2) is 0 Å². The van der Waals surface area contributed by atoms with Crippen molar-refractivity contribution in [1.82, 2.24) is 0 Å². The standard InChI is InChI=1S/C27H44O3/c1-16(6-9-23-25(2,3)30-23)19-7-8-20-24-21(11-13-27(19,20)5)26(4)12-10-18(28)14-17(26)15-22(24)29/h15-16,18-24,28-29H,6-14H2,1-5H3/t16-,18?,19-,20+,21+,22-,23+,24+,26+,27-/m1/s1. The predicted octanol–water partition coefficient (Wildman–Crippen LogP) is 5.49. The molecule has 10 atom stereocenters. The van der Waals surface area contributed by atoms with E-state index in [1.807, 2.05) is 0 Å². The second kappa shape index (κ2) is 7.06. The van der Waals surface area contributed by atoms with Gasteiger partial charge in [0, 0.05) is 0 Å². The first-order chi connectivity index (χ1) is 14.1. The van der Waals surface area contributed by atoms with E-state index in [1.54, 1.807) is 0 Å². The summed E-state index contributed by atoms with van der Waals surface area (Å²) in [6, 6.07) is 0. The Labute approximate surface area is 183 Å². The molecule has 5 rings (SSSR count). The minimum absolute atomic E-state index is 0.110. The number of hydrogen-bond acceptors (Lipinski definition) is 3. The van der Waals surface area contributed by atoms with Crippen LogP contribution in [0.4, 0.5) is 0 Å². The average molecular weight is 417 g/mol. The van der Waals surface area contributed by atoms with Gasteiger partial charge in [0.05, 0.1) is 23.9 Å². The van der Waals surface area contributed by atoms with Crippen LogP contribution in [0, 0.1) is 40.4 Å². The Morgan fingerprint density at radius 2 is 1.77 bits per heavy atom. The molecule has 4 fully saturated rings. The van der Waals surface area contributed by atoms with Gasteiger partial charge >= 0.3 is 0 Å². The second-order valence-corrected chi connectivity index (χ2v) is 12.8. The summed E-state index contributed by atoms with van der Waals surface area (Å²) < 4.78 is 5.85. The first-order valence-electron chi connectivity index (χ1n) is 12.8. The molecule has 5 aliphatic rings. The van der Waals surface area contributed by atoms with Crippen LogP contribution in [-0.4, -0.2) is 34.1 Å². The molecule has 1 heterocycles. The first kappa shape index (κ1) is 21.5. The van der Waals surface area contributed by atoms with E-state index in [1.165, 1.54) is 44.1 Å². The fourth-order valence-electron chi connectivity index (χ4n) is 8.96. The Bertz CT molecular complexity index is 713. The molecular weight excluding hydrogens is 372 g/mol. The van der Waals surface area contributed by atoms with Crippen molar-refractivity contribution in [3.8, 4) is 0 Å². The number of hydrogen-bond donors (Lipinski definition) is 2. The van der Waals surface area contributed by atoms with Gasteiger partial charge in [-0.15, -0.1) is 0 Å². The summed E-state index contributed by atoms with van der Waals surface area (Å²) in [7, 11) is 0. The van der Waals surface area contributed by atoms with Gasteiger partial charge in [-0.05, 0) is 112 Å². The summed E-state index contributed by atoms with van der Waals surface area (Å²) in [5, 5.41) is 21.5. The monoisotopic (exact) mass is 416 g/mol. The third-order valence-electron chi connectivity index (χ3n) is 10.9. The molecule has 30 heavy (non-hydrogen) atoms. The maximum Gasteiger partial charge on any atom is 0.0892 e. The highest BCUT2D eigenvalue weighted by Gasteiger charge is 2.61. The molecule has 1 saturated heterocycles. The van der Waals surface area contributed by atoms with Gasteiger partial charge < -0.3 is 14.9 Å². The summed E-state index contributed by atoms with van der Waals surface area (Å²) in [5.41, 5.74) is 2.04. The van der Waals surface area contributed by atoms with E-state index in [0.29, 0.717) is 29.3 Å². The number of aliphatic hydroxyl groups excluding tert-OH is 2. The Kier molecular flexibility index (Phi) is 5.05. The zero-order valence-corrected chi connectivity index (χ0v) is 19.9. The summed E-state index contributed by atoms with van der Waals surface area (Å²) in [6.07, 6.45) is 12.6. The van der Waals surface area contributed by atoms with Gasteiger partial charge in [0.2, 0.25) is 0 Å². The van der Waals surface area contributed by atoms with Gasteiger partial charge in [0.25, 0.3) is 0 Å². The molecule has 0 aromatic carbocycles. The number of epoxide rings is 1. The lowest BCUT2D eigenvalue weighted by Crippen LogP contribution is -2.54. The summed E-state index contributed by atoms with van der Waals surface area (Å²) in [6.45, 7) is 11.9. The van der Waals surface area contributed by atoms with Crippen LogP contribution in [0.15, 0.2) is 11.6 Å². The highest BCUT2D eigenvalue weighted by atomic mass is 16.6. The Morgan fingerprint density at radius 1 is 1.03 bits per heavy atom. The van der Waals surface area contributed by atoms with Crippen molar-refractivity contribution in [2.24, 2.45) is 40.4 Å². The van der Waals surface area contributed by atoms with Gasteiger partial charge in [0.1, 0.15) is 0 Å². The molecule has 0 spiro atoms. The van der Waals surface area contributed by atoms with E-state index in [-0.39, 0.29) is 23.2 Å². The SMILES string of the molecule is C[C@H](CC[C@@H]1OC1(C)C)[C@H]1CC[C@H]2[C@@H]3[C@H](O)C=C4CC(O)CC[C@]4(C)[C@H]3CC[C@]12C. The summed E-state index contributed by atoms with van der Waals surface area (Å²) in [4.78, 5) is 0. The van der Waals surface area contributed by atoms with E-state index in [2.05, 4.69) is 40.7 Å². The Hall–Kier alpha value is -0.380. The third kappa shape index (κ3) is 3.17. The van der Waals surface area contributed by atoms with Gasteiger partial charge in [-0.1, -0.05) is 32.4 Å². The van der Waals surface area contributed by atoms with E-state index in [0.717, 1.165) is 31.1 Å². The third-order valence-corrected chi connectivity index (χ3v) is 10.9. The van der Waals surface area contributed by atoms with Crippen molar-refractivity contribution in [1.29, 1.82) is 0 Å². The molecular formula is C27H44O3. The van der Waals surface area contributed by atoms with Crippen molar-refractivity contribution in [3.05, 3.63) is 11.6 Å². The van der Waals surface area contributed by atoms with Crippen LogP contribution in [0.1, 0.15) is 92.4 Å². The van der Waals surface area contributed by atoms with Crippen LogP contribution in [0.25, 0.3) is 0 Å². The molecule has 3 saturated carbocycles. The molecule has 1 aliphatic heterocycles. The minimum Gasteiger partial charge on any atom is -0.393 e. The van der Waals surface area contributed by atoms with Crippen molar-refractivity contribution in [3.63, 3.8) is 0 Å². The van der Waals surface area contributed by atoms with Crippen molar-refractivity contribution < 1.29 is 14.9 Å². The summed E-state index contributed by atoms with van der Waals surface area (Å²) >= 11 is 0. The van der Waals surface area contributed by atoms with Crippen molar-refractivity contribution in [2.75, 3.05) is 0 Å². The predicted molar refractivity (Wildman–Crippen MR) is 120 cm³/mol. The fourth-order valence-corrected chi connectivity index (χ4v) is 8.96. The summed E-state index contributed by atoms with van der Waals surface area (Å²) in [5.74, 6) is 3.17. The quantitative estimate of drug-likeness (QED) is 0.470. The van der Waals surface area contributed by atoms with Crippen molar-refractivity contribution >= 4 is 0 Å². The van der Waals surface area contributed by atoms with Gasteiger partial charge in [-0.3, -0.25) is 0 Å². The van der Waals surface area contributed by atoms with Crippen LogP contribution < -0.4 is 0 Å². The number of rotatable bonds is 4. The van der Waals surface area contributed by atoms with Crippen LogP contribution in [0.3, 0.4) is 0 Å². The molecule has 170 valence electrons.